The van der Waals surface area contributed by atoms with E-state index in [0.29, 0.717) is 19.3 Å². The summed E-state index contributed by atoms with van der Waals surface area (Å²) in [5.74, 6) is -1.38. The topological polar surface area (TPSA) is 183 Å². The average molecular weight is 636 g/mol. The summed E-state index contributed by atoms with van der Waals surface area (Å²) in [5.41, 5.74) is 0.923. The fraction of sp³-hybridized carbons (Fsp3) is 0.545. The van der Waals surface area contributed by atoms with E-state index in [-0.39, 0.29) is 91.7 Å². The summed E-state index contributed by atoms with van der Waals surface area (Å²) in [5, 5.41) is 21.4. The van der Waals surface area contributed by atoms with Crippen LogP contribution in [0.15, 0.2) is 42.9 Å². The van der Waals surface area contributed by atoms with Crippen molar-refractivity contribution in [2.45, 2.75) is 89.9 Å². The second kappa shape index (κ2) is 16.1. The number of aromatic nitrogens is 2. The number of phenolic OH excluding ortho intramolecular Hbond substituents is 1. The zero-order valence-electron chi connectivity index (χ0n) is 26.7. The number of benzene rings is 1. The first-order valence-electron chi connectivity index (χ1n) is 16.0. The number of aromatic hydroxyl groups is 1. The Kier molecular flexibility index (Phi) is 12.0. The maximum Gasteiger partial charge on any atom is 0.271 e. The summed E-state index contributed by atoms with van der Waals surface area (Å²) in [6, 6.07) is 4.23. The van der Waals surface area contributed by atoms with E-state index in [0.717, 1.165) is 5.56 Å². The van der Waals surface area contributed by atoms with Crippen molar-refractivity contribution in [3.8, 4) is 5.75 Å². The van der Waals surface area contributed by atoms with Crippen molar-refractivity contribution in [2.24, 2.45) is 11.8 Å². The highest BCUT2D eigenvalue weighted by Gasteiger charge is 2.41. The molecule has 46 heavy (non-hydrogen) atoms. The third kappa shape index (κ3) is 9.72. The molecule has 1 aromatic heterocycles. The van der Waals surface area contributed by atoms with Crippen LogP contribution in [0.2, 0.25) is 0 Å². The number of hydrogen-bond acceptors (Lipinski definition) is 8. The van der Waals surface area contributed by atoms with Crippen LogP contribution in [-0.4, -0.2) is 86.8 Å². The van der Waals surface area contributed by atoms with Gasteiger partial charge in [-0.25, -0.2) is 4.98 Å². The van der Waals surface area contributed by atoms with Crippen molar-refractivity contribution < 1.29 is 29.1 Å². The Morgan fingerprint density at radius 1 is 1.07 bits per heavy atom. The number of hydrogen-bond donors (Lipinski definition) is 5. The normalized spacial score (nSPS) is 25.5. The second-order valence-corrected chi connectivity index (χ2v) is 12.7. The number of carbonyl (C=O) groups excluding carboxylic acids is 5. The largest absolute Gasteiger partial charge is 0.508 e. The molecule has 1 aromatic carbocycles. The highest BCUT2D eigenvalue weighted by atomic mass is 16.3. The Bertz CT molecular complexity index is 1370. The minimum atomic E-state index is -0.830. The summed E-state index contributed by atoms with van der Waals surface area (Å²) in [6.07, 6.45) is 6.64. The van der Waals surface area contributed by atoms with Crippen LogP contribution >= 0.6 is 0 Å². The van der Waals surface area contributed by atoms with E-state index in [1.54, 1.807) is 12.1 Å². The lowest BCUT2D eigenvalue weighted by Gasteiger charge is -2.29. The summed E-state index contributed by atoms with van der Waals surface area (Å²) in [7, 11) is 0. The van der Waals surface area contributed by atoms with Crippen LogP contribution in [0.25, 0.3) is 0 Å². The maximum atomic E-state index is 13.7. The van der Waals surface area contributed by atoms with Crippen LogP contribution in [0.4, 0.5) is 0 Å². The van der Waals surface area contributed by atoms with E-state index in [2.05, 4.69) is 31.2 Å². The van der Waals surface area contributed by atoms with Crippen LogP contribution in [0.3, 0.4) is 0 Å². The number of carbonyl (C=O) groups is 5. The molecular formula is C33H45N7O6. The SMILES string of the molecule is CC(C)[C@@H]1CC[C@@H](C)CC(=O)N[C@@H](Cc2ccc(O)cc2)C(=O)NCCCC(=O)N2C[C@H](NC(=O)c3cnccn3)C[C@H]2C(=O)N1. The van der Waals surface area contributed by atoms with Crippen molar-refractivity contribution in [3.05, 3.63) is 54.1 Å². The third-order valence-corrected chi connectivity index (χ3v) is 8.59. The number of phenols is 1. The van der Waals surface area contributed by atoms with Gasteiger partial charge in [-0.1, -0.05) is 32.9 Å². The lowest BCUT2D eigenvalue weighted by molar-refractivity contribution is -0.139. The highest BCUT2D eigenvalue weighted by Crippen LogP contribution is 2.23. The van der Waals surface area contributed by atoms with Crippen molar-refractivity contribution in [1.29, 1.82) is 0 Å². The second-order valence-electron chi connectivity index (χ2n) is 12.7. The molecule has 2 fully saturated rings. The Morgan fingerprint density at radius 3 is 2.52 bits per heavy atom. The van der Waals surface area contributed by atoms with Crippen LogP contribution in [0.5, 0.6) is 5.75 Å². The smallest absolute Gasteiger partial charge is 0.271 e. The van der Waals surface area contributed by atoms with Gasteiger partial charge in [-0.3, -0.25) is 29.0 Å². The predicted octanol–water partition coefficient (Wildman–Crippen LogP) is 1.47. The van der Waals surface area contributed by atoms with Gasteiger partial charge in [-0.2, -0.15) is 0 Å². The molecule has 5 N–H and O–H groups in total. The van der Waals surface area contributed by atoms with E-state index < -0.39 is 24.0 Å². The van der Waals surface area contributed by atoms with Crippen molar-refractivity contribution in [2.75, 3.05) is 13.1 Å². The van der Waals surface area contributed by atoms with Crippen LogP contribution in [0, 0.1) is 11.8 Å². The molecule has 0 unspecified atom stereocenters. The van der Waals surface area contributed by atoms with Crippen molar-refractivity contribution in [3.63, 3.8) is 0 Å². The summed E-state index contributed by atoms with van der Waals surface area (Å²) < 4.78 is 0. The van der Waals surface area contributed by atoms with Crippen LogP contribution in [0.1, 0.15) is 75.3 Å². The Hall–Kier alpha value is -4.55. The van der Waals surface area contributed by atoms with E-state index in [1.165, 1.54) is 35.6 Å². The molecule has 2 aliphatic rings. The van der Waals surface area contributed by atoms with Gasteiger partial charge in [0, 0.05) is 56.8 Å². The highest BCUT2D eigenvalue weighted by molar-refractivity contribution is 5.93. The molecule has 3 heterocycles. The minimum absolute atomic E-state index is 0.0142. The summed E-state index contributed by atoms with van der Waals surface area (Å²) in [6.45, 7) is 6.36. The number of rotatable bonds is 5. The van der Waals surface area contributed by atoms with Gasteiger partial charge in [0.05, 0.1) is 6.20 Å². The summed E-state index contributed by atoms with van der Waals surface area (Å²) >= 11 is 0. The molecule has 0 spiro atoms. The molecule has 0 bridgehead atoms. The van der Waals surface area contributed by atoms with Gasteiger partial charge < -0.3 is 31.3 Å². The Balaban J connectivity index is 1.50. The molecule has 0 radical (unpaired) electrons. The third-order valence-electron chi connectivity index (χ3n) is 8.59. The fourth-order valence-corrected chi connectivity index (χ4v) is 5.92. The molecule has 13 nitrogen and oxygen atoms in total. The molecule has 2 aliphatic heterocycles. The molecule has 5 amide bonds. The zero-order valence-corrected chi connectivity index (χ0v) is 26.7. The zero-order chi connectivity index (χ0) is 33.2. The van der Waals surface area contributed by atoms with Gasteiger partial charge in [0.1, 0.15) is 23.5 Å². The van der Waals surface area contributed by atoms with Gasteiger partial charge >= 0.3 is 0 Å². The molecule has 248 valence electrons. The molecule has 2 saturated heterocycles. The molecule has 2 aromatic rings. The average Bonchev–Trinajstić information content (AvgIpc) is 3.45. The molecule has 0 saturated carbocycles. The van der Waals surface area contributed by atoms with Gasteiger partial charge in [-0.05, 0) is 55.2 Å². The van der Waals surface area contributed by atoms with Gasteiger partial charge in [0.15, 0.2) is 0 Å². The van der Waals surface area contributed by atoms with Crippen molar-refractivity contribution >= 4 is 29.5 Å². The molecule has 0 aliphatic carbocycles. The van der Waals surface area contributed by atoms with E-state index in [4.69, 9.17) is 0 Å². The monoisotopic (exact) mass is 635 g/mol. The van der Waals surface area contributed by atoms with E-state index in [9.17, 15) is 29.1 Å². The number of amides is 5. The fourth-order valence-electron chi connectivity index (χ4n) is 5.92. The standard InChI is InChI=1S/C33H45N7O6/c1-20(2)25-11-6-21(3)15-29(42)38-26(16-22-7-9-24(41)10-8-22)31(44)36-12-4-5-30(43)40-19-23(17-28(40)33(46)39-25)37-32(45)27-18-34-13-14-35-27/h7-10,13-14,18,20-21,23,25-26,28,41H,4-6,11-12,15-17,19H2,1-3H3,(H,36,44)(H,37,45)(H,38,42)(H,39,46)/t21-,23-,25+,26+,28+/m1/s1. The molecule has 4 rings (SSSR count). The lowest BCUT2D eigenvalue weighted by atomic mass is 9.92. The van der Waals surface area contributed by atoms with Gasteiger partial charge in [0.2, 0.25) is 23.6 Å². The molecule has 5 atom stereocenters. The van der Waals surface area contributed by atoms with Crippen LogP contribution in [-0.2, 0) is 25.6 Å². The summed E-state index contributed by atoms with van der Waals surface area (Å²) in [4.78, 5) is 75.7. The number of nitrogens with one attached hydrogen (secondary N) is 4. The molecular weight excluding hydrogens is 590 g/mol. The number of nitrogens with zero attached hydrogens (tertiary/aromatic N) is 3. The minimum Gasteiger partial charge on any atom is -0.508 e. The molecule has 13 heteroatoms. The maximum absolute atomic E-state index is 13.7. The van der Waals surface area contributed by atoms with E-state index >= 15 is 0 Å². The first kappa shape index (κ1) is 34.3. The predicted molar refractivity (Wildman–Crippen MR) is 169 cm³/mol. The first-order chi connectivity index (χ1) is 22.0. The van der Waals surface area contributed by atoms with Gasteiger partial charge in [-0.15, -0.1) is 0 Å². The van der Waals surface area contributed by atoms with E-state index in [1.807, 2.05) is 20.8 Å². The first-order valence-corrected chi connectivity index (χ1v) is 16.0. The Morgan fingerprint density at radius 2 is 1.83 bits per heavy atom. The lowest BCUT2D eigenvalue weighted by Crippen LogP contribution is -2.50. The van der Waals surface area contributed by atoms with Crippen LogP contribution < -0.4 is 21.3 Å². The number of fused-ring (bicyclic) bond motifs is 1. The Labute approximate surface area is 269 Å². The van der Waals surface area contributed by atoms with Crippen molar-refractivity contribution in [1.82, 2.24) is 36.1 Å². The van der Waals surface area contributed by atoms with Gasteiger partial charge in [0.25, 0.3) is 5.91 Å². The quantitative estimate of drug-likeness (QED) is 0.327.